The molecule has 0 spiro atoms. The van der Waals surface area contributed by atoms with E-state index in [2.05, 4.69) is 5.32 Å². The number of aliphatic hydroxyl groups is 1. The minimum absolute atomic E-state index is 0.0941. The van der Waals surface area contributed by atoms with E-state index in [0.717, 1.165) is 25.9 Å². The molecule has 3 heteroatoms. The molecule has 0 amide bonds. The maximum absolute atomic E-state index is 8.34. The van der Waals surface area contributed by atoms with Crippen LogP contribution in [0.1, 0.15) is 25.7 Å². The van der Waals surface area contributed by atoms with Gasteiger partial charge in [-0.3, -0.25) is 5.32 Å². The van der Waals surface area contributed by atoms with E-state index in [9.17, 15) is 0 Å². The summed E-state index contributed by atoms with van der Waals surface area (Å²) >= 11 is 0. The van der Waals surface area contributed by atoms with E-state index >= 15 is 0 Å². The molecule has 0 aliphatic rings. The largest absolute Gasteiger partial charge is 0.381 e. The van der Waals surface area contributed by atoms with Gasteiger partial charge in [-0.2, -0.15) is 0 Å². The summed E-state index contributed by atoms with van der Waals surface area (Å²) in [6.45, 7) is 1.81. The number of hydrogen-bond acceptors (Lipinski definition) is 3. The first-order valence-corrected chi connectivity index (χ1v) is 3.93. The van der Waals surface area contributed by atoms with Crippen LogP contribution in [0.25, 0.3) is 0 Å². The lowest BCUT2D eigenvalue weighted by Gasteiger charge is -1.99. The van der Waals surface area contributed by atoms with Gasteiger partial charge in [-0.25, -0.2) is 0 Å². The van der Waals surface area contributed by atoms with E-state index in [-0.39, 0.29) is 6.73 Å². The quantitative estimate of drug-likeness (QED) is 0.351. The van der Waals surface area contributed by atoms with Crippen LogP contribution in [-0.4, -0.2) is 24.9 Å². The summed E-state index contributed by atoms with van der Waals surface area (Å²) in [5.41, 5.74) is 5.31. The third kappa shape index (κ3) is 7.88. The van der Waals surface area contributed by atoms with Gasteiger partial charge < -0.3 is 10.8 Å². The Morgan fingerprint density at radius 1 is 1.10 bits per heavy atom. The van der Waals surface area contributed by atoms with E-state index < -0.39 is 0 Å². The standard InChI is InChI=1S/C7H18N2O/c8-5-3-1-2-4-6-9-7-10/h9-10H,1-8H2. The molecule has 0 fully saturated rings. The number of nitrogens with one attached hydrogen (secondary N) is 1. The van der Waals surface area contributed by atoms with E-state index in [4.69, 9.17) is 10.8 Å². The van der Waals surface area contributed by atoms with Crippen molar-refractivity contribution in [2.75, 3.05) is 19.8 Å². The molecule has 0 aromatic heterocycles. The van der Waals surface area contributed by atoms with Crippen LogP contribution in [0.15, 0.2) is 0 Å². The SMILES string of the molecule is NCCCCCCNCO. The molecule has 3 nitrogen and oxygen atoms in total. The second kappa shape index (κ2) is 8.88. The molecule has 62 valence electrons. The van der Waals surface area contributed by atoms with Crippen LogP contribution in [0, 0.1) is 0 Å². The number of rotatable bonds is 7. The number of nitrogens with two attached hydrogens (primary N) is 1. The van der Waals surface area contributed by atoms with Crippen molar-refractivity contribution < 1.29 is 5.11 Å². The van der Waals surface area contributed by atoms with Crippen molar-refractivity contribution in [1.29, 1.82) is 0 Å². The molecule has 10 heavy (non-hydrogen) atoms. The van der Waals surface area contributed by atoms with Crippen LogP contribution in [0.2, 0.25) is 0 Å². The Labute approximate surface area is 62.6 Å². The van der Waals surface area contributed by atoms with Crippen molar-refractivity contribution >= 4 is 0 Å². The third-order valence-electron chi connectivity index (χ3n) is 1.42. The predicted octanol–water partition coefficient (Wildman–Crippen LogP) is 0.0449. The molecule has 0 rings (SSSR count). The minimum Gasteiger partial charge on any atom is -0.381 e. The summed E-state index contributed by atoms with van der Waals surface area (Å²) in [7, 11) is 0. The molecule has 0 atom stereocenters. The zero-order valence-electron chi connectivity index (χ0n) is 6.47. The maximum Gasteiger partial charge on any atom is 0.0931 e. The van der Waals surface area contributed by atoms with Crippen LogP contribution >= 0.6 is 0 Å². The monoisotopic (exact) mass is 146 g/mol. The van der Waals surface area contributed by atoms with Gasteiger partial charge in [0.05, 0.1) is 6.73 Å². The molecule has 0 aliphatic carbocycles. The van der Waals surface area contributed by atoms with Crippen LogP contribution in [0.5, 0.6) is 0 Å². The summed E-state index contributed by atoms with van der Waals surface area (Å²) in [5.74, 6) is 0. The lowest BCUT2D eigenvalue weighted by molar-refractivity contribution is 0.260. The molecule has 0 saturated carbocycles. The van der Waals surface area contributed by atoms with Gasteiger partial charge in [0.1, 0.15) is 0 Å². The normalized spacial score (nSPS) is 10.2. The van der Waals surface area contributed by atoms with Crippen LogP contribution in [0.4, 0.5) is 0 Å². The highest BCUT2D eigenvalue weighted by Crippen LogP contribution is 1.96. The van der Waals surface area contributed by atoms with Crippen molar-refractivity contribution in [1.82, 2.24) is 5.32 Å². The van der Waals surface area contributed by atoms with E-state index in [1.165, 1.54) is 12.8 Å². The Hall–Kier alpha value is -0.120. The first kappa shape index (κ1) is 9.88. The van der Waals surface area contributed by atoms with E-state index in [1.54, 1.807) is 0 Å². The van der Waals surface area contributed by atoms with Gasteiger partial charge >= 0.3 is 0 Å². The van der Waals surface area contributed by atoms with Crippen molar-refractivity contribution in [3.8, 4) is 0 Å². The average molecular weight is 146 g/mol. The summed E-state index contributed by atoms with van der Waals surface area (Å²) < 4.78 is 0. The second-order valence-corrected chi connectivity index (χ2v) is 2.36. The predicted molar refractivity (Wildman–Crippen MR) is 42.6 cm³/mol. The molecule has 0 saturated heterocycles. The Bertz CT molecular complexity index is 51.6. The Morgan fingerprint density at radius 2 is 1.80 bits per heavy atom. The highest BCUT2D eigenvalue weighted by atomic mass is 16.3. The second-order valence-electron chi connectivity index (χ2n) is 2.36. The van der Waals surface area contributed by atoms with Crippen molar-refractivity contribution in [2.45, 2.75) is 25.7 Å². The number of hydrogen-bond donors (Lipinski definition) is 3. The lowest BCUT2D eigenvalue weighted by atomic mass is 10.2. The molecule has 0 unspecified atom stereocenters. The third-order valence-corrected chi connectivity index (χ3v) is 1.42. The van der Waals surface area contributed by atoms with Crippen molar-refractivity contribution in [3.63, 3.8) is 0 Å². The van der Waals surface area contributed by atoms with Crippen LogP contribution in [0.3, 0.4) is 0 Å². The fourth-order valence-electron chi connectivity index (χ4n) is 0.827. The Kier molecular flexibility index (Phi) is 8.77. The van der Waals surface area contributed by atoms with Gasteiger partial charge in [0.2, 0.25) is 0 Å². The topological polar surface area (TPSA) is 58.3 Å². The first-order chi connectivity index (χ1) is 4.91. The number of unbranched alkanes of at least 4 members (excludes halogenated alkanes) is 3. The Balaban J connectivity index is 2.65. The number of aliphatic hydroxyl groups excluding tert-OH is 1. The zero-order valence-corrected chi connectivity index (χ0v) is 6.47. The van der Waals surface area contributed by atoms with Gasteiger partial charge in [-0.05, 0) is 25.9 Å². The first-order valence-electron chi connectivity index (χ1n) is 3.93. The molecule has 0 aromatic carbocycles. The van der Waals surface area contributed by atoms with Gasteiger partial charge in [0, 0.05) is 0 Å². The highest BCUT2D eigenvalue weighted by Gasteiger charge is 1.86. The summed E-state index contributed by atoms with van der Waals surface area (Å²) in [5, 5.41) is 11.2. The van der Waals surface area contributed by atoms with Crippen molar-refractivity contribution in [2.24, 2.45) is 5.73 Å². The molecule has 0 bridgehead atoms. The minimum atomic E-state index is 0.0941. The van der Waals surface area contributed by atoms with Gasteiger partial charge in [0.15, 0.2) is 0 Å². The fourth-order valence-corrected chi connectivity index (χ4v) is 0.827. The molecule has 0 heterocycles. The fraction of sp³-hybridized carbons (Fsp3) is 1.00. The van der Waals surface area contributed by atoms with Crippen molar-refractivity contribution in [3.05, 3.63) is 0 Å². The maximum atomic E-state index is 8.34. The molecular formula is C7H18N2O. The van der Waals surface area contributed by atoms with Gasteiger partial charge in [0.25, 0.3) is 0 Å². The average Bonchev–Trinajstić information content (AvgIpc) is 1.97. The molecule has 0 aromatic rings. The van der Waals surface area contributed by atoms with Gasteiger partial charge in [-0.15, -0.1) is 0 Å². The van der Waals surface area contributed by atoms with E-state index in [0.29, 0.717) is 0 Å². The smallest absolute Gasteiger partial charge is 0.0931 e. The molecule has 0 aliphatic heterocycles. The molecule has 4 N–H and O–H groups in total. The molecular weight excluding hydrogens is 128 g/mol. The molecule has 0 radical (unpaired) electrons. The van der Waals surface area contributed by atoms with E-state index in [1.807, 2.05) is 0 Å². The Morgan fingerprint density at radius 3 is 2.40 bits per heavy atom. The summed E-state index contributed by atoms with van der Waals surface area (Å²) in [4.78, 5) is 0. The van der Waals surface area contributed by atoms with Gasteiger partial charge in [-0.1, -0.05) is 12.8 Å². The highest BCUT2D eigenvalue weighted by molar-refractivity contribution is 4.45. The van der Waals surface area contributed by atoms with Crippen LogP contribution in [-0.2, 0) is 0 Å². The summed E-state index contributed by atoms with van der Waals surface area (Å²) in [6.07, 6.45) is 4.69. The summed E-state index contributed by atoms with van der Waals surface area (Å²) in [6, 6.07) is 0. The zero-order chi connectivity index (χ0) is 7.66. The lowest BCUT2D eigenvalue weighted by Crippen LogP contribution is -2.15. The van der Waals surface area contributed by atoms with Crippen LogP contribution < -0.4 is 11.1 Å².